The van der Waals surface area contributed by atoms with Crippen molar-refractivity contribution in [3.63, 3.8) is 0 Å². The van der Waals surface area contributed by atoms with E-state index in [1.54, 1.807) is 21.3 Å². The summed E-state index contributed by atoms with van der Waals surface area (Å²) in [7, 11) is 4.97. The molecule has 0 spiro atoms. The monoisotopic (exact) mass is 513 g/mol. The Morgan fingerprint density at radius 2 is 1.29 bits per heavy atom. The Bertz CT molecular complexity index is 1140. The van der Waals surface area contributed by atoms with E-state index in [2.05, 4.69) is 53.1 Å². The maximum Gasteiger partial charge on any atom is 0.307 e. The lowest BCUT2D eigenvalue weighted by atomic mass is 9.70. The van der Waals surface area contributed by atoms with Crippen molar-refractivity contribution in [1.29, 1.82) is 0 Å². The van der Waals surface area contributed by atoms with Gasteiger partial charge in [-0.25, -0.2) is 0 Å². The molecule has 1 unspecified atom stereocenters. The van der Waals surface area contributed by atoms with Crippen LogP contribution in [0, 0.1) is 17.8 Å². The minimum Gasteiger partial charge on any atom is -0.497 e. The zero-order valence-corrected chi connectivity index (χ0v) is 22.3. The van der Waals surface area contributed by atoms with Crippen molar-refractivity contribution in [1.82, 2.24) is 4.90 Å². The summed E-state index contributed by atoms with van der Waals surface area (Å²) in [5.74, 6) is 8.44. The molecule has 6 heteroatoms. The minimum absolute atomic E-state index is 0.298. The van der Waals surface area contributed by atoms with Crippen LogP contribution < -0.4 is 14.2 Å². The first kappa shape index (κ1) is 27.1. The number of carboxylic acids is 1. The lowest BCUT2D eigenvalue weighted by molar-refractivity contribution is -0.143. The summed E-state index contributed by atoms with van der Waals surface area (Å²) in [6.45, 7) is 2.23. The van der Waals surface area contributed by atoms with Gasteiger partial charge in [-0.3, -0.25) is 4.79 Å². The summed E-state index contributed by atoms with van der Waals surface area (Å²) in [6.07, 6.45) is 2.28. The number of aliphatic carboxylic acids is 1. The average Bonchev–Trinajstić information content (AvgIpc) is 2.98. The number of carbonyl (C=O) groups is 1. The number of hydrogen-bond acceptors (Lipinski definition) is 5. The second-order valence-corrected chi connectivity index (χ2v) is 9.47. The van der Waals surface area contributed by atoms with Crippen LogP contribution in [0.15, 0.2) is 72.8 Å². The molecule has 4 rings (SSSR count). The first-order chi connectivity index (χ1) is 18.5. The Balaban J connectivity index is 1.76. The second kappa shape index (κ2) is 12.5. The van der Waals surface area contributed by atoms with Gasteiger partial charge in [0.2, 0.25) is 0 Å². The number of methoxy groups -OCH3 is 3. The number of carboxylic acid groups (broad SMARTS) is 1. The summed E-state index contributed by atoms with van der Waals surface area (Å²) < 4.78 is 16.3. The van der Waals surface area contributed by atoms with Crippen LogP contribution >= 0.6 is 0 Å². The minimum atomic E-state index is -0.754. The van der Waals surface area contributed by atoms with E-state index in [1.807, 2.05) is 36.4 Å². The van der Waals surface area contributed by atoms with Crippen LogP contribution in [0.3, 0.4) is 0 Å². The summed E-state index contributed by atoms with van der Waals surface area (Å²) in [4.78, 5) is 13.7. The first-order valence-electron chi connectivity index (χ1n) is 12.9. The number of benzene rings is 3. The third-order valence-corrected chi connectivity index (χ3v) is 7.25. The van der Waals surface area contributed by atoms with Crippen molar-refractivity contribution in [2.24, 2.45) is 5.92 Å². The summed E-state index contributed by atoms with van der Waals surface area (Å²) >= 11 is 0. The van der Waals surface area contributed by atoms with Gasteiger partial charge in [0.05, 0.1) is 27.2 Å². The van der Waals surface area contributed by atoms with Crippen molar-refractivity contribution in [2.75, 3.05) is 41.0 Å². The van der Waals surface area contributed by atoms with Crippen LogP contribution in [0.4, 0.5) is 0 Å². The topological polar surface area (TPSA) is 68.2 Å². The van der Waals surface area contributed by atoms with E-state index in [1.165, 1.54) is 0 Å². The van der Waals surface area contributed by atoms with E-state index < -0.39 is 11.4 Å². The van der Waals surface area contributed by atoms with Gasteiger partial charge in [0.25, 0.3) is 0 Å². The van der Waals surface area contributed by atoms with Gasteiger partial charge in [-0.2, -0.15) is 0 Å². The molecule has 0 saturated carbocycles. The van der Waals surface area contributed by atoms with Gasteiger partial charge < -0.3 is 24.2 Å². The molecule has 0 bridgehead atoms. The molecule has 1 heterocycles. The molecule has 0 radical (unpaired) electrons. The van der Waals surface area contributed by atoms with Gasteiger partial charge >= 0.3 is 5.97 Å². The second-order valence-electron chi connectivity index (χ2n) is 9.47. The molecule has 0 aromatic heterocycles. The van der Waals surface area contributed by atoms with Gasteiger partial charge in [0, 0.05) is 19.5 Å². The van der Waals surface area contributed by atoms with Gasteiger partial charge in [0.15, 0.2) is 0 Å². The lowest BCUT2D eigenvalue weighted by Crippen LogP contribution is -2.39. The third-order valence-electron chi connectivity index (χ3n) is 7.25. The largest absolute Gasteiger partial charge is 0.497 e. The summed E-state index contributed by atoms with van der Waals surface area (Å²) in [5, 5.41) is 9.44. The predicted octanol–water partition coefficient (Wildman–Crippen LogP) is 5.24. The summed E-state index contributed by atoms with van der Waals surface area (Å²) in [5.41, 5.74) is 2.30. The Labute approximate surface area is 225 Å². The van der Waals surface area contributed by atoms with Crippen LogP contribution in [0.25, 0.3) is 0 Å². The Kier molecular flexibility index (Phi) is 8.93. The molecule has 198 valence electrons. The first-order valence-corrected chi connectivity index (χ1v) is 12.9. The Hall–Kier alpha value is -3.95. The SMILES string of the molecule is COc1ccc(C(C#CCCN2CCCC(C(=O)O)C2)(c2ccc(OC)cc2)c2ccc(OC)cc2)cc1. The Morgan fingerprint density at radius 3 is 1.68 bits per heavy atom. The zero-order valence-electron chi connectivity index (χ0n) is 22.3. The van der Waals surface area contributed by atoms with Crippen molar-refractivity contribution in [3.05, 3.63) is 89.5 Å². The highest BCUT2D eigenvalue weighted by atomic mass is 16.5. The van der Waals surface area contributed by atoms with E-state index in [-0.39, 0.29) is 5.92 Å². The quantitative estimate of drug-likeness (QED) is 0.312. The molecule has 0 amide bonds. The molecule has 1 atom stereocenters. The smallest absolute Gasteiger partial charge is 0.307 e. The van der Waals surface area contributed by atoms with E-state index in [0.29, 0.717) is 13.0 Å². The highest BCUT2D eigenvalue weighted by Gasteiger charge is 2.35. The molecule has 1 fully saturated rings. The molecule has 6 nitrogen and oxygen atoms in total. The zero-order chi connectivity index (χ0) is 27.0. The van der Waals surface area contributed by atoms with Crippen LogP contribution in [-0.2, 0) is 10.2 Å². The van der Waals surface area contributed by atoms with Crippen LogP contribution in [0.2, 0.25) is 0 Å². The highest BCUT2D eigenvalue weighted by Crippen LogP contribution is 2.40. The lowest BCUT2D eigenvalue weighted by Gasteiger charge is -2.32. The van der Waals surface area contributed by atoms with E-state index in [4.69, 9.17) is 14.2 Å². The van der Waals surface area contributed by atoms with Gasteiger partial charge in [-0.1, -0.05) is 42.3 Å². The molecule has 1 aliphatic heterocycles. The normalized spacial score (nSPS) is 15.7. The highest BCUT2D eigenvalue weighted by molar-refractivity contribution is 5.70. The van der Waals surface area contributed by atoms with Crippen molar-refractivity contribution in [2.45, 2.75) is 24.7 Å². The number of rotatable bonds is 9. The molecule has 1 saturated heterocycles. The van der Waals surface area contributed by atoms with Crippen LogP contribution in [0.1, 0.15) is 36.0 Å². The van der Waals surface area contributed by atoms with Crippen molar-refractivity contribution in [3.8, 4) is 29.1 Å². The van der Waals surface area contributed by atoms with Crippen molar-refractivity contribution >= 4 is 5.97 Å². The maximum atomic E-state index is 11.5. The standard InChI is InChI=1S/C32H35NO5/c1-36-28-14-8-25(9-15-28)32(26-10-16-29(37-2)17-11-26,27-12-18-30(38-3)19-13-27)20-4-5-21-33-22-6-7-24(23-33)31(34)35/h8-19,24H,5-7,21-23H2,1-3H3,(H,34,35). The molecular formula is C32H35NO5. The molecule has 1 N–H and O–H groups in total. The van der Waals surface area contributed by atoms with E-state index in [9.17, 15) is 9.90 Å². The van der Waals surface area contributed by atoms with Gasteiger partial charge in [-0.05, 0) is 72.5 Å². The van der Waals surface area contributed by atoms with Gasteiger partial charge in [-0.15, -0.1) is 5.92 Å². The van der Waals surface area contributed by atoms with E-state index >= 15 is 0 Å². The van der Waals surface area contributed by atoms with Crippen LogP contribution in [0.5, 0.6) is 17.2 Å². The number of nitrogens with zero attached hydrogens (tertiary/aromatic N) is 1. The number of hydrogen-bond donors (Lipinski definition) is 1. The molecule has 38 heavy (non-hydrogen) atoms. The van der Waals surface area contributed by atoms with Crippen LogP contribution in [-0.4, -0.2) is 56.9 Å². The number of piperidine rings is 1. The maximum absolute atomic E-state index is 11.5. The molecule has 3 aromatic rings. The van der Waals surface area contributed by atoms with Gasteiger partial charge in [0.1, 0.15) is 22.7 Å². The molecular weight excluding hydrogens is 478 g/mol. The number of likely N-dealkylation sites (tertiary alicyclic amines) is 1. The molecule has 3 aromatic carbocycles. The fourth-order valence-corrected chi connectivity index (χ4v) is 5.11. The average molecular weight is 514 g/mol. The fraction of sp³-hybridized carbons (Fsp3) is 0.344. The Morgan fingerprint density at radius 1 is 0.842 bits per heavy atom. The van der Waals surface area contributed by atoms with E-state index in [0.717, 1.165) is 59.9 Å². The predicted molar refractivity (Wildman–Crippen MR) is 148 cm³/mol. The molecule has 0 aliphatic carbocycles. The molecule has 1 aliphatic rings. The summed E-state index contributed by atoms with van der Waals surface area (Å²) in [6, 6.07) is 24.1. The number of ether oxygens (including phenoxy) is 3. The third kappa shape index (κ3) is 5.95. The van der Waals surface area contributed by atoms with Crippen molar-refractivity contribution < 1.29 is 24.1 Å². The fourth-order valence-electron chi connectivity index (χ4n) is 5.11.